The first kappa shape index (κ1) is 12.4. The molecule has 0 amide bonds. The standard InChI is InChI=1S/C14H28N2/c1-11(2)14(10-15)16-9-5-7-12-6-3-4-8-13(12)16/h11-14H,3-10,15H2,1-2H3/t12-,13-,14?/m1/s1. The Kier molecular flexibility index (Phi) is 4.26. The molecule has 2 heteroatoms. The van der Waals surface area contributed by atoms with E-state index in [0.29, 0.717) is 12.0 Å². The van der Waals surface area contributed by atoms with Gasteiger partial charge in [-0.1, -0.05) is 26.7 Å². The minimum absolute atomic E-state index is 0.617. The van der Waals surface area contributed by atoms with Gasteiger partial charge in [-0.25, -0.2) is 0 Å². The zero-order valence-corrected chi connectivity index (χ0v) is 11.0. The Morgan fingerprint density at radius 1 is 1.12 bits per heavy atom. The van der Waals surface area contributed by atoms with Crippen molar-refractivity contribution < 1.29 is 0 Å². The molecule has 0 bridgehead atoms. The van der Waals surface area contributed by atoms with Crippen molar-refractivity contribution in [1.29, 1.82) is 0 Å². The van der Waals surface area contributed by atoms with Crippen LogP contribution in [0.1, 0.15) is 52.4 Å². The third-order valence-electron chi connectivity index (χ3n) is 4.72. The van der Waals surface area contributed by atoms with Crippen molar-refractivity contribution in [1.82, 2.24) is 4.90 Å². The smallest absolute Gasteiger partial charge is 0.0244 e. The summed E-state index contributed by atoms with van der Waals surface area (Å²) in [5.74, 6) is 1.68. The van der Waals surface area contributed by atoms with Crippen LogP contribution < -0.4 is 5.73 Å². The number of likely N-dealkylation sites (tertiary alicyclic amines) is 1. The van der Waals surface area contributed by atoms with Gasteiger partial charge in [0.15, 0.2) is 0 Å². The molecule has 2 nitrogen and oxygen atoms in total. The zero-order valence-electron chi connectivity index (χ0n) is 11.0. The van der Waals surface area contributed by atoms with Gasteiger partial charge < -0.3 is 5.73 Å². The van der Waals surface area contributed by atoms with Crippen LogP contribution in [0, 0.1) is 11.8 Å². The maximum Gasteiger partial charge on any atom is 0.0244 e. The molecular weight excluding hydrogens is 196 g/mol. The van der Waals surface area contributed by atoms with Gasteiger partial charge in [-0.3, -0.25) is 4.90 Å². The summed E-state index contributed by atoms with van der Waals surface area (Å²) < 4.78 is 0. The molecule has 0 aromatic rings. The van der Waals surface area contributed by atoms with E-state index in [1.165, 1.54) is 45.1 Å². The Labute approximate surface area is 101 Å². The number of nitrogens with two attached hydrogens (primary N) is 1. The lowest BCUT2D eigenvalue weighted by atomic mass is 9.77. The van der Waals surface area contributed by atoms with Crippen molar-refractivity contribution in [3.05, 3.63) is 0 Å². The Hall–Kier alpha value is -0.0800. The summed E-state index contributed by atoms with van der Waals surface area (Å²) in [5, 5.41) is 0. The largest absolute Gasteiger partial charge is 0.329 e. The lowest BCUT2D eigenvalue weighted by molar-refractivity contribution is 0.0132. The van der Waals surface area contributed by atoms with Crippen LogP contribution in [0.4, 0.5) is 0 Å². The highest BCUT2D eigenvalue weighted by Gasteiger charge is 2.36. The van der Waals surface area contributed by atoms with Crippen molar-refractivity contribution in [2.24, 2.45) is 17.6 Å². The molecule has 16 heavy (non-hydrogen) atoms. The molecule has 0 radical (unpaired) electrons. The first-order valence-corrected chi connectivity index (χ1v) is 7.20. The molecule has 2 aliphatic rings. The molecule has 2 rings (SSSR count). The van der Waals surface area contributed by atoms with Gasteiger partial charge in [0.2, 0.25) is 0 Å². The monoisotopic (exact) mass is 224 g/mol. The zero-order chi connectivity index (χ0) is 11.5. The highest BCUT2D eigenvalue weighted by Crippen LogP contribution is 2.36. The van der Waals surface area contributed by atoms with E-state index in [9.17, 15) is 0 Å². The van der Waals surface area contributed by atoms with E-state index in [1.807, 2.05) is 0 Å². The van der Waals surface area contributed by atoms with Crippen LogP contribution in [-0.4, -0.2) is 30.1 Å². The number of fused-ring (bicyclic) bond motifs is 1. The Morgan fingerprint density at radius 2 is 1.81 bits per heavy atom. The molecule has 2 fully saturated rings. The van der Waals surface area contributed by atoms with Gasteiger partial charge in [0, 0.05) is 18.6 Å². The number of piperidine rings is 1. The Morgan fingerprint density at radius 3 is 2.50 bits per heavy atom. The summed E-state index contributed by atoms with van der Waals surface area (Å²) in [7, 11) is 0. The summed E-state index contributed by atoms with van der Waals surface area (Å²) in [6, 6.07) is 1.48. The predicted molar refractivity (Wildman–Crippen MR) is 69.4 cm³/mol. The first-order valence-electron chi connectivity index (χ1n) is 7.20. The van der Waals surface area contributed by atoms with Gasteiger partial charge in [-0.05, 0) is 44.1 Å². The van der Waals surface area contributed by atoms with Crippen LogP contribution in [0.15, 0.2) is 0 Å². The molecule has 0 spiro atoms. The second-order valence-corrected chi connectivity index (χ2v) is 6.04. The molecule has 2 N–H and O–H groups in total. The van der Waals surface area contributed by atoms with E-state index in [0.717, 1.165) is 18.5 Å². The summed E-state index contributed by atoms with van der Waals surface area (Å²) in [6.07, 6.45) is 8.66. The highest BCUT2D eigenvalue weighted by atomic mass is 15.2. The van der Waals surface area contributed by atoms with E-state index in [2.05, 4.69) is 18.7 Å². The fourth-order valence-corrected chi connectivity index (χ4v) is 3.87. The lowest BCUT2D eigenvalue weighted by Crippen LogP contribution is -2.55. The van der Waals surface area contributed by atoms with Crippen LogP contribution in [0.3, 0.4) is 0 Å². The maximum atomic E-state index is 5.98. The van der Waals surface area contributed by atoms with E-state index >= 15 is 0 Å². The summed E-state index contributed by atoms with van der Waals surface area (Å²) in [6.45, 7) is 6.77. The van der Waals surface area contributed by atoms with Crippen molar-refractivity contribution in [3.8, 4) is 0 Å². The lowest BCUT2D eigenvalue weighted by Gasteiger charge is -2.48. The normalized spacial score (nSPS) is 33.8. The van der Waals surface area contributed by atoms with Gasteiger partial charge in [0.25, 0.3) is 0 Å². The number of hydrogen-bond donors (Lipinski definition) is 1. The molecule has 1 aliphatic heterocycles. The first-order chi connectivity index (χ1) is 7.74. The summed E-state index contributed by atoms with van der Waals surface area (Å²) >= 11 is 0. The molecular formula is C14H28N2. The third kappa shape index (κ3) is 2.43. The fourth-order valence-electron chi connectivity index (χ4n) is 3.87. The second kappa shape index (κ2) is 5.50. The van der Waals surface area contributed by atoms with Crippen LogP contribution in [0.25, 0.3) is 0 Å². The molecule has 3 atom stereocenters. The maximum absolute atomic E-state index is 5.98. The minimum atomic E-state index is 0.617. The quantitative estimate of drug-likeness (QED) is 0.798. The molecule has 1 heterocycles. The number of nitrogens with zero attached hydrogens (tertiary/aromatic N) is 1. The topological polar surface area (TPSA) is 29.3 Å². The van der Waals surface area contributed by atoms with E-state index in [4.69, 9.17) is 5.73 Å². The fraction of sp³-hybridized carbons (Fsp3) is 1.00. The van der Waals surface area contributed by atoms with Crippen molar-refractivity contribution >= 4 is 0 Å². The SMILES string of the molecule is CC(C)C(CN)N1CCC[C@H]2CCCC[C@H]21. The van der Waals surface area contributed by atoms with Gasteiger partial charge in [0.1, 0.15) is 0 Å². The van der Waals surface area contributed by atoms with Crippen LogP contribution in [-0.2, 0) is 0 Å². The second-order valence-electron chi connectivity index (χ2n) is 6.04. The van der Waals surface area contributed by atoms with E-state index in [1.54, 1.807) is 0 Å². The van der Waals surface area contributed by atoms with Crippen molar-refractivity contribution in [2.45, 2.75) is 64.5 Å². The van der Waals surface area contributed by atoms with Crippen molar-refractivity contribution in [3.63, 3.8) is 0 Å². The van der Waals surface area contributed by atoms with Gasteiger partial charge in [0.05, 0.1) is 0 Å². The molecule has 0 aromatic heterocycles. The van der Waals surface area contributed by atoms with Gasteiger partial charge in [-0.2, -0.15) is 0 Å². The van der Waals surface area contributed by atoms with Gasteiger partial charge >= 0.3 is 0 Å². The molecule has 1 aliphatic carbocycles. The molecule has 94 valence electrons. The van der Waals surface area contributed by atoms with Crippen LogP contribution >= 0.6 is 0 Å². The van der Waals surface area contributed by atoms with Crippen LogP contribution in [0.5, 0.6) is 0 Å². The van der Waals surface area contributed by atoms with E-state index < -0.39 is 0 Å². The minimum Gasteiger partial charge on any atom is -0.329 e. The molecule has 1 saturated heterocycles. The number of hydrogen-bond acceptors (Lipinski definition) is 2. The Balaban J connectivity index is 2.06. The number of rotatable bonds is 3. The summed E-state index contributed by atoms with van der Waals surface area (Å²) in [4.78, 5) is 2.76. The predicted octanol–water partition coefficient (Wildman–Crippen LogP) is 2.62. The molecule has 0 aromatic carbocycles. The summed E-state index contributed by atoms with van der Waals surface area (Å²) in [5.41, 5.74) is 5.98. The molecule has 1 unspecified atom stereocenters. The Bertz CT molecular complexity index is 213. The van der Waals surface area contributed by atoms with Crippen molar-refractivity contribution in [2.75, 3.05) is 13.1 Å². The van der Waals surface area contributed by atoms with Gasteiger partial charge in [-0.15, -0.1) is 0 Å². The average Bonchev–Trinajstić information content (AvgIpc) is 2.30. The molecule has 1 saturated carbocycles. The van der Waals surface area contributed by atoms with E-state index in [-0.39, 0.29) is 0 Å². The third-order valence-corrected chi connectivity index (χ3v) is 4.72. The average molecular weight is 224 g/mol. The highest BCUT2D eigenvalue weighted by molar-refractivity contribution is 4.91. The van der Waals surface area contributed by atoms with Crippen LogP contribution in [0.2, 0.25) is 0 Å².